The zero-order valence-electron chi connectivity index (χ0n) is 11.8. The Hall–Kier alpha value is -0.580. The van der Waals surface area contributed by atoms with Crippen LogP contribution in [0.2, 0.25) is 0 Å². The molecule has 1 rings (SSSR count). The molecular formula is C15H24BrNO2. The molecule has 0 amide bonds. The van der Waals surface area contributed by atoms with Gasteiger partial charge in [-0.2, -0.15) is 0 Å². The third kappa shape index (κ3) is 6.95. The number of benzene rings is 1. The van der Waals surface area contributed by atoms with Crippen LogP contribution >= 0.6 is 15.9 Å². The standard InChI is InChI=1S/C15H24BrNO2/c1-12(2)6-8-18-9-10-19-15-4-3-13(5-7-17)11-14(15)16/h3-4,11-12H,5-10,17H2,1-2H3. The van der Waals surface area contributed by atoms with Gasteiger partial charge >= 0.3 is 0 Å². The van der Waals surface area contributed by atoms with Crippen LogP contribution in [0.4, 0.5) is 0 Å². The van der Waals surface area contributed by atoms with Gasteiger partial charge in [0.2, 0.25) is 0 Å². The van der Waals surface area contributed by atoms with Gasteiger partial charge in [-0.05, 0) is 58.9 Å². The Bertz CT molecular complexity index is 369. The number of ether oxygens (including phenoxy) is 2. The highest BCUT2D eigenvalue weighted by Crippen LogP contribution is 2.26. The highest BCUT2D eigenvalue weighted by atomic mass is 79.9. The maximum absolute atomic E-state index is 5.67. The summed E-state index contributed by atoms with van der Waals surface area (Å²) in [5, 5.41) is 0. The Morgan fingerprint density at radius 3 is 2.63 bits per heavy atom. The van der Waals surface area contributed by atoms with Crippen molar-refractivity contribution in [2.45, 2.75) is 26.7 Å². The Morgan fingerprint density at radius 2 is 2.00 bits per heavy atom. The van der Waals surface area contributed by atoms with Crippen molar-refractivity contribution in [3.63, 3.8) is 0 Å². The quantitative estimate of drug-likeness (QED) is 0.706. The van der Waals surface area contributed by atoms with Crippen LogP contribution in [0.3, 0.4) is 0 Å². The smallest absolute Gasteiger partial charge is 0.133 e. The average Bonchev–Trinajstić information content (AvgIpc) is 2.36. The van der Waals surface area contributed by atoms with Gasteiger partial charge in [0.25, 0.3) is 0 Å². The van der Waals surface area contributed by atoms with E-state index in [0.29, 0.717) is 25.7 Å². The van der Waals surface area contributed by atoms with E-state index in [1.165, 1.54) is 5.56 Å². The molecule has 0 saturated carbocycles. The minimum atomic E-state index is 0.576. The van der Waals surface area contributed by atoms with Crippen LogP contribution in [0.15, 0.2) is 22.7 Å². The number of rotatable bonds is 9. The van der Waals surface area contributed by atoms with Crippen LogP contribution in [0.5, 0.6) is 5.75 Å². The zero-order chi connectivity index (χ0) is 14.1. The van der Waals surface area contributed by atoms with Crippen molar-refractivity contribution in [1.82, 2.24) is 0 Å². The highest BCUT2D eigenvalue weighted by Gasteiger charge is 2.02. The maximum Gasteiger partial charge on any atom is 0.133 e. The summed E-state index contributed by atoms with van der Waals surface area (Å²) in [4.78, 5) is 0. The Morgan fingerprint density at radius 1 is 1.21 bits per heavy atom. The van der Waals surface area contributed by atoms with Crippen molar-refractivity contribution in [2.24, 2.45) is 11.7 Å². The van der Waals surface area contributed by atoms with E-state index >= 15 is 0 Å². The fourth-order valence-corrected chi connectivity index (χ4v) is 2.16. The van der Waals surface area contributed by atoms with Crippen molar-refractivity contribution in [1.29, 1.82) is 0 Å². The summed E-state index contributed by atoms with van der Waals surface area (Å²) >= 11 is 3.51. The summed E-state index contributed by atoms with van der Waals surface area (Å²) in [6.07, 6.45) is 1.98. The van der Waals surface area contributed by atoms with Gasteiger partial charge < -0.3 is 15.2 Å². The van der Waals surface area contributed by atoms with E-state index in [1.807, 2.05) is 12.1 Å². The first-order valence-electron chi connectivity index (χ1n) is 6.82. The van der Waals surface area contributed by atoms with Gasteiger partial charge in [-0.25, -0.2) is 0 Å². The number of hydrogen-bond acceptors (Lipinski definition) is 3. The summed E-state index contributed by atoms with van der Waals surface area (Å²) in [5.41, 5.74) is 6.75. The van der Waals surface area contributed by atoms with Crippen LogP contribution in [-0.4, -0.2) is 26.4 Å². The second-order valence-corrected chi connectivity index (χ2v) is 5.80. The second-order valence-electron chi connectivity index (χ2n) is 4.95. The molecule has 0 atom stereocenters. The molecule has 0 radical (unpaired) electrons. The summed E-state index contributed by atoms with van der Waals surface area (Å²) in [6, 6.07) is 6.08. The molecule has 19 heavy (non-hydrogen) atoms. The van der Waals surface area contributed by atoms with Crippen molar-refractivity contribution in [3.05, 3.63) is 28.2 Å². The topological polar surface area (TPSA) is 44.5 Å². The number of hydrogen-bond donors (Lipinski definition) is 1. The van der Waals surface area contributed by atoms with E-state index in [4.69, 9.17) is 15.2 Å². The van der Waals surface area contributed by atoms with Crippen molar-refractivity contribution in [2.75, 3.05) is 26.4 Å². The molecule has 0 bridgehead atoms. The molecule has 0 aliphatic rings. The monoisotopic (exact) mass is 329 g/mol. The van der Waals surface area contributed by atoms with Crippen molar-refractivity contribution >= 4 is 15.9 Å². The van der Waals surface area contributed by atoms with Gasteiger partial charge in [0, 0.05) is 6.61 Å². The molecular weight excluding hydrogens is 306 g/mol. The summed E-state index contributed by atoms with van der Waals surface area (Å²) in [6.45, 7) is 7.06. The minimum Gasteiger partial charge on any atom is -0.490 e. The van der Waals surface area contributed by atoms with Gasteiger partial charge in [-0.3, -0.25) is 0 Å². The molecule has 0 aliphatic heterocycles. The molecule has 0 aliphatic carbocycles. The molecule has 4 heteroatoms. The Labute approximate surface area is 124 Å². The average molecular weight is 330 g/mol. The van der Waals surface area contributed by atoms with Gasteiger partial charge in [0.1, 0.15) is 12.4 Å². The fourth-order valence-electron chi connectivity index (χ4n) is 1.62. The summed E-state index contributed by atoms with van der Waals surface area (Å²) in [7, 11) is 0. The first-order chi connectivity index (χ1) is 9.13. The lowest BCUT2D eigenvalue weighted by atomic mass is 10.1. The van der Waals surface area contributed by atoms with Gasteiger partial charge in [-0.1, -0.05) is 19.9 Å². The molecule has 1 aromatic rings. The van der Waals surface area contributed by atoms with Gasteiger partial charge in [0.15, 0.2) is 0 Å². The lowest BCUT2D eigenvalue weighted by Crippen LogP contribution is -2.09. The molecule has 0 aromatic heterocycles. The number of nitrogens with two attached hydrogens (primary N) is 1. The highest BCUT2D eigenvalue weighted by molar-refractivity contribution is 9.10. The van der Waals surface area contributed by atoms with Crippen LogP contribution in [-0.2, 0) is 11.2 Å². The molecule has 0 unspecified atom stereocenters. The molecule has 3 nitrogen and oxygen atoms in total. The predicted molar refractivity (Wildman–Crippen MR) is 82.7 cm³/mol. The van der Waals surface area contributed by atoms with E-state index in [2.05, 4.69) is 35.8 Å². The minimum absolute atomic E-state index is 0.576. The number of halogens is 1. The van der Waals surface area contributed by atoms with E-state index < -0.39 is 0 Å². The zero-order valence-corrected chi connectivity index (χ0v) is 13.4. The normalized spacial score (nSPS) is 11.0. The summed E-state index contributed by atoms with van der Waals surface area (Å²) < 4.78 is 12.2. The largest absolute Gasteiger partial charge is 0.490 e. The predicted octanol–water partition coefficient (Wildman–Crippen LogP) is 3.39. The maximum atomic E-state index is 5.67. The SMILES string of the molecule is CC(C)CCOCCOc1ccc(CCN)cc1Br. The van der Waals surface area contributed by atoms with Crippen LogP contribution in [0.25, 0.3) is 0 Å². The molecule has 0 fully saturated rings. The first-order valence-corrected chi connectivity index (χ1v) is 7.61. The second kappa shape index (κ2) is 9.34. The summed E-state index contributed by atoms with van der Waals surface area (Å²) in [5.74, 6) is 1.54. The first kappa shape index (κ1) is 16.5. The molecule has 0 spiro atoms. The third-order valence-electron chi connectivity index (χ3n) is 2.75. The molecule has 2 N–H and O–H groups in total. The van der Waals surface area contributed by atoms with Gasteiger partial charge in [-0.15, -0.1) is 0 Å². The van der Waals surface area contributed by atoms with Gasteiger partial charge in [0.05, 0.1) is 11.1 Å². The van der Waals surface area contributed by atoms with E-state index in [-0.39, 0.29) is 0 Å². The van der Waals surface area contributed by atoms with Crippen LogP contribution in [0, 0.1) is 5.92 Å². The Balaban J connectivity index is 2.25. The van der Waals surface area contributed by atoms with Crippen molar-refractivity contribution in [3.8, 4) is 5.75 Å². The fraction of sp³-hybridized carbons (Fsp3) is 0.600. The lowest BCUT2D eigenvalue weighted by Gasteiger charge is -2.10. The molecule has 0 saturated heterocycles. The van der Waals surface area contributed by atoms with Crippen LogP contribution < -0.4 is 10.5 Å². The van der Waals surface area contributed by atoms with E-state index in [9.17, 15) is 0 Å². The molecule has 1 aromatic carbocycles. The van der Waals surface area contributed by atoms with Crippen molar-refractivity contribution < 1.29 is 9.47 Å². The lowest BCUT2D eigenvalue weighted by molar-refractivity contribution is 0.0923. The molecule has 108 valence electrons. The third-order valence-corrected chi connectivity index (χ3v) is 3.37. The van der Waals surface area contributed by atoms with E-state index in [1.54, 1.807) is 0 Å². The van der Waals surface area contributed by atoms with Crippen LogP contribution in [0.1, 0.15) is 25.8 Å². The Kier molecular flexibility index (Phi) is 8.10. The van der Waals surface area contributed by atoms with E-state index in [0.717, 1.165) is 29.7 Å². The molecule has 0 heterocycles.